The summed E-state index contributed by atoms with van der Waals surface area (Å²) >= 11 is 3.24. The number of hydrogen-bond acceptors (Lipinski definition) is 4. The summed E-state index contributed by atoms with van der Waals surface area (Å²) in [6, 6.07) is 3.78. The van der Waals surface area contributed by atoms with Crippen LogP contribution >= 0.6 is 15.9 Å². The summed E-state index contributed by atoms with van der Waals surface area (Å²) in [6.07, 6.45) is -0.260. The molecule has 0 aliphatic carbocycles. The van der Waals surface area contributed by atoms with Gasteiger partial charge in [-0.2, -0.15) is 5.10 Å². The van der Waals surface area contributed by atoms with Crippen molar-refractivity contribution in [3.8, 4) is 0 Å². The van der Waals surface area contributed by atoms with Gasteiger partial charge in [0.05, 0.1) is 5.69 Å². The Morgan fingerprint density at radius 1 is 1.39 bits per heavy atom. The maximum absolute atomic E-state index is 11.7. The van der Waals surface area contributed by atoms with Crippen molar-refractivity contribution < 1.29 is 9.53 Å². The number of halogens is 1. The van der Waals surface area contributed by atoms with E-state index in [-0.39, 0.29) is 12.0 Å². The molecule has 0 aromatic carbocycles. The molecule has 1 aliphatic rings. The molecule has 2 rings (SSSR count). The van der Waals surface area contributed by atoms with E-state index in [1.807, 2.05) is 32.9 Å². The summed E-state index contributed by atoms with van der Waals surface area (Å²) < 4.78 is 6.01. The number of amides is 1. The van der Waals surface area contributed by atoms with Gasteiger partial charge in [-0.05, 0) is 48.8 Å². The molecule has 1 aromatic rings. The lowest BCUT2D eigenvalue weighted by molar-refractivity contribution is 0.00780. The Morgan fingerprint density at radius 2 is 2.06 bits per heavy atom. The quantitative estimate of drug-likeness (QED) is 0.799. The number of likely N-dealkylation sites (tertiary alicyclic amines) is 1. The van der Waals surface area contributed by atoms with Crippen LogP contribution in [-0.4, -0.2) is 39.9 Å². The van der Waals surface area contributed by atoms with Crippen LogP contribution in [0.15, 0.2) is 16.7 Å². The maximum atomic E-state index is 11.7. The molecule has 1 fully saturated rings. The predicted molar refractivity (Wildman–Crippen MR) is 70.3 cm³/mol. The highest BCUT2D eigenvalue weighted by atomic mass is 79.9. The van der Waals surface area contributed by atoms with Gasteiger partial charge in [0.2, 0.25) is 0 Å². The second-order valence-electron chi connectivity index (χ2n) is 5.36. The molecule has 5 nitrogen and oxygen atoms in total. The van der Waals surface area contributed by atoms with Crippen LogP contribution in [0.1, 0.15) is 32.4 Å². The fourth-order valence-corrected chi connectivity index (χ4v) is 1.90. The lowest BCUT2D eigenvalue weighted by Crippen LogP contribution is -2.50. The fourth-order valence-electron chi connectivity index (χ4n) is 1.69. The Balaban J connectivity index is 1.87. The summed E-state index contributed by atoms with van der Waals surface area (Å²) in [5.41, 5.74) is 0.470. The summed E-state index contributed by atoms with van der Waals surface area (Å²) in [4.78, 5) is 13.4. The van der Waals surface area contributed by atoms with Gasteiger partial charge in [-0.15, -0.1) is 5.10 Å². The van der Waals surface area contributed by atoms with E-state index in [0.29, 0.717) is 13.1 Å². The van der Waals surface area contributed by atoms with E-state index in [2.05, 4.69) is 26.1 Å². The molecule has 1 saturated heterocycles. The van der Waals surface area contributed by atoms with Gasteiger partial charge in [-0.25, -0.2) is 4.79 Å². The van der Waals surface area contributed by atoms with Crippen molar-refractivity contribution in [1.29, 1.82) is 0 Å². The molecule has 1 aliphatic heterocycles. The van der Waals surface area contributed by atoms with E-state index in [1.165, 1.54) is 0 Å². The first kappa shape index (κ1) is 13.3. The molecule has 0 spiro atoms. The Morgan fingerprint density at radius 3 is 2.56 bits per heavy atom. The van der Waals surface area contributed by atoms with E-state index in [0.717, 1.165) is 10.3 Å². The highest BCUT2D eigenvalue weighted by molar-refractivity contribution is 9.10. The largest absolute Gasteiger partial charge is 0.444 e. The monoisotopic (exact) mass is 313 g/mol. The molecule has 1 amide bonds. The molecule has 98 valence electrons. The third kappa shape index (κ3) is 3.19. The maximum Gasteiger partial charge on any atom is 0.410 e. The Bertz CT molecular complexity index is 436. The zero-order chi connectivity index (χ0) is 13.3. The van der Waals surface area contributed by atoms with Crippen LogP contribution < -0.4 is 0 Å². The number of ether oxygens (including phenoxy) is 1. The first-order valence-electron chi connectivity index (χ1n) is 5.82. The summed E-state index contributed by atoms with van der Waals surface area (Å²) in [5, 5.41) is 8.04. The molecule has 0 atom stereocenters. The number of hydrogen-bond donors (Lipinski definition) is 0. The highest BCUT2D eigenvalue weighted by Crippen LogP contribution is 2.27. The fraction of sp³-hybridized carbons (Fsp3) is 0.583. The predicted octanol–water partition coefficient (Wildman–Crippen LogP) is 2.57. The van der Waals surface area contributed by atoms with Crippen LogP contribution in [0.4, 0.5) is 4.79 Å². The molecular formula is C12H16BrN3O2. The normalized spacial score (nSPS) is 16.3. The van der Waals surface area contributed by atoms with Gasteiger partial charge in [-0.1, -0.05) is 0 Å². The molecule has 18 heavy (non-hydrogen) atoms. The summed E-state index contributed by atoms with van der Waals surface area (Å²) in [5.74, 6) is 0.262. The molecule has 1 aromatic heterocycles. The number of nitrogens with zero attached hydrogens (tertiary/aromatic N) is 3. The van der Waals surface area contributed by atoms with Crippen molar-refractivity contribution in [2.75, 3.05) is 13.1 Å². The smallest absolute Gasteiger partial charge is 0.410 e. The van der Waals surface area contributed by atoms with Crippen LogP contribution in [0.3, 0.4) is 0 Å². The zero-order valence-corrected chi connectivity index (χ0v) is 12.3. The molecular weight excluding hydrogens is 298 g/mol. The Hall–Kier alpha value is -1.17. The first-order valence-corrected chi connectivity index (χ1v) is 6.61. The van der Waals surface area contributed by atoms with Gasteiger partial charge in [-0.3, -0.25) is 0 Å². The third-order valence-corrected chi connectivity index (χ3v) is 3.03. The standard InChI is InChI=1S/C12H16BrN3O2/c1-12(2,3)18-11(17)16-6-8(7-16)9-4-5-10(13)15-14-9/h4-5,8H,6-7H2,1-3H3. The zero-order valence-electron chi connectivity index (χ0n) is 10.7. The van der Waals surface area contributed by atoms with Gasteiger partial charge in [0.15, 0.2) is 0 Å². The second kappa shape index (κ2) is 4.84. The van der Waals surface area contributed by atoms with Crippen molar-refractivity contribution in [1.82, 2.24) is 15.1 Å². The lowest BCUT2D eigenvalue weighted by atomic mass is 9.97. The average molecular weight is 314 g/mol. The van der Waals surface area contributed by atoms with Crippen LogP contribution in [-0.2, 0) is 4.74 Å². The van der Waals surface area contributed by atoms with E-state index in [9.17, 15) is 4.79 Å². The second-order valence-corrected chi connectivity index (χ2v) is 6.18. The summed E-state index contributed by atoms with van der Waals surface area (Å²) in [6.45, 7) is 6.88. The van der Waals surface area contributed by atoms with Gasteiger partial charge < -0.3 is 9.64 Å². The third-order valence-electron chi connectivity index (χ3n) is 2.60. The molecule has 6 heteroatoms. The molecule has 0 unspecified atom stereocenters. The van der Waals surface area contributed by atoms with Crippen molar-refractivity contribution in [2.24, 2.45) is 0 Å². The van der Waals surface area contributed by atoms with E-state index < -0.39 is 5.60 Å². The highest BCUT2D eigenvalue weighted by Gasteiger charge is 2.35. The number of carbonyl (C=O) groups is 1. The van der Waals surface area contributed by atoms with Gasteiger partial charge in [0, 0.05) is 19.0 Å². The lowest BCUT2D eigenvalue weighted by Gasteiger charge is -2.39. The van der Waals surface area contributed by atoms with Crippen molar-refractivity contribution in [3.63, 3.8) is 0 Å². The Kier molecular flexibility index (Phi) is 3.56. The van der Waals surface area contributed by atoms with Crippen molar-refractivity contribution in [2.45, 2.75) is 32.3 Å². The minimum Gasteiger partial charge on any atom is -0.444 e. The molecule has 0 bridgehead atoms. The first-order chi connectivity index (χ1) is 8.35. The Labute approximate surface area is 115 Å². The van der Waals surface area contributed by atoms with Gasteiger partial charge in [0.25, 0.3) is 0 Å². The SMILES string of the molecule is CC(C)(C)OC(=O)N1CC(c2ccc(Br)nn2)C1. The molecule has 0 N–H and O–H groups in total. The van der Waals surface area contributed by atoms with Crippen LogP contribution in [0.25, 0.3) is 0 Å². The van der Waals surface area contributed by atoms with Crippen molar-refractivity contribution >= 4 is 22.0 Å². The number of aromatic nitrogens is 2. The number of carbonyl (C=O) groups excluding carboxylic acids is 1. The van der Waals surface area contributed by atoms with Gasteiger partial charge in [0.1, 0.15) is 10.2 Å². The summed E-state index contributed by atoms with van der Waals surface area (Å²) in [7, 11) is 0. The molecule has 2 heterocycles. The minimum absolute atomic E-state index is 0.260. The minimum atomic E-state index is -0.445. The van der Waals surface area contributed by atoms with E-state index >= 15 is 0 Å². The van der Waals surface area contributed by atoms with Crippen molar-refractivity contribution in [3.05, 3.63) is 22.4 Å². The average Bonchev–Trinajstić information content (AvgIpc) is 2.15. The van der Waals surface area contributed by atoms with Crippen LogP contribution in [0.5, 0.6) is 0 Å². The van der Waals surface area contributed by atoms with Crippen LogP contribution in [0, 0.1) is 0 Å². The van der Waals surface area contributed by atoms with E-state index in [1.54, 1.807) is 4.90 Å². The molecule has 0 saturated carbocycles. The van der Waals surface area contributed by atoms with E-state index in [4.69, 9.17) is 4.74 Å². The topological polar surface area (TPSA) is 55.3 Å². The van der Waals surface area contributed by atoms with Gasteiger partial charge >= 0.3 is 6.09 Å². The van der Waals surface area contributed by atoms with Crippen LogP contribution in [0.2, 0.25) is 0 Å². The molecule has 0 radical (unpaired) electrons. The number of rotatable bonds is 1.